The minimum Gasteiger partial charge on any atom is -0.339 e. The van der Waals surface area contributed by atoms with Crippen molar-refractivity contribution in [2.75, 3.05) is 18.4 Å². The Morgan fingerprint density at radius 3 is 2.44 bits per heavy atom. The lowest BCUT2D eigenvalue weighted by Crippen LogP contribution is -2.36. The van der Waals surface area contributed by atoms with Gasteiger partial charge in [-0.25, -0.2) is 4.39 Å². The van der Waals surface area contributed by atoms with Crippen LogP contribution in [0.4, 0.5) is 10.1 Å². The Morgan fingerprint density at radius 2 is 1.72 bits per heavy atom. The van der Waals surface area contributed by atoms with Crippen LogP contribution in [0.3, 0.4) is 0 Å². The van der Waals surface area contributed by atoms with E-state index in [0.717, 1.165) is 32.4 Å². The summed E-state index contributed by atoms with van der Waals surface area (Å²) in [5, 5.41) is 2.67. The van der Waals surface area contributed by atoms with Gasteiger partial charge in [0.1, 0.15) is 5.82 Å². The number of carbonyl (C=O) groups excluding carboxylic acids is 2. The standard InChI is InChI=1S/C19H18BrFN2O2/c20-13-8-9-14(16(21)12-13)18(24)22-17-7-3-2-6-15(17)19(25)23-10-4-1-5-11-23/h2-3,6-9,12H,1,4-5,10-11H2,(H,22,24). The van der Waals surface area contributed by atoms with E-state index in [1.807, 2.05) is 0 Å². The summed E-state index contributed by atoms with van der Waals surface area (Å²) in [6.45, 7) is 1.45. The summed E-state index contributed by atoms with van der Waals surface area (Å²) < 4.78 is 14.5. The van der Waals surface area contributed by atoms with Crippen molar-refractivity contribution in [1.82, 2.24) is 4.90 Å². The van der Waals surface area contributed by atoms with Gasteiger partial charge in [-0.1, -0.05) is 28.1 Å². The number of carbonyl (C=O) groups is 2. The highest BCUT2D eigenvalue weighted by Crippen LogP contribution is 2.22. The second-order valence-corrected chi connectivity index (χ2v) is 6.89. The van der Waals surface area contributed by atoms with E-state index in [2.05, 4.69) is 21.2 Å². The molecule has 1 aliphatic heterocycles. The minimum absolute atomic E-state index is 0.0663. The van der Waals surface area contributed by atoms with Crippen LogP contribution in [-0.2, 0) is 0 Å². The van der Waals surface area contributed by atoms with Gasteiger partial charge in [-0.3, -0.25) is 9.59 Å². The van der Waals surface area contributed by atoms with E-state index < -0.39 is 11.7 Å². The lowest BCUT2D eigenvalue weighted by Gasteiger charge is -2.27. The number of anilines is 1. The Bertz CT molecular complexity index is 804. The largest absolute Gasteiger partial charge is 0.339 e. The van der Waals surface area contributed by atoms with E-state index in [9.17, 15) is 14.0 Å². The fourth-order valence-corrected chi connectivity index (χ4v) is 3.24. The van der Waals surface area contributed by atoms with Crippen LogP contribution >= 0.6 is 15.9 Å². The number of hydrogen-bond acceptors (Lipinski definition) is 2. The summed E-state index contributed by atoms with van der Waals surface area (Å²) in [5.41, 5.74) is 0.754. The molecule has 25 heavy (non-hydrogen) atoms. The van der Waals surface area contributed by atoms with Crippen LogP contribution in [0.15, 0.2) is 46.9 Å². The first-order chi connectivity index (χ1) is 12.1. The van der Waals surface area contributed by atoms with Gasteiger partial charge in [0.05, 0.1) is 16.8 Å². The number of likely N-dealkylation sites (tertiary alicyclic amines) is 1. The molecule has 0 radical (unpaired) electrons. The number of para-hydroxylation sites is 1. The maximum absolute atomic E-state index is 14.0. The molecule has 130 valence electrons. The molecule has 0 atom stereocenters. The van der Waals surface area contributed by atoms with E-state index in [1.165, 1.54) is 12.1 Å². The molecule has 0 aliphatic carbocycles. The molecular formula is C19H18BrFN2O2. The molecule has 1 aliphatic rings. The van der Waals surface area contributed by atoms with Crippen LogP contribution in [0.1, 0.15) is 40.0 Å². The molecule has 1 saturated heterocycles. The second kappa shape index (κ2) is 7.78. The highest BCUT2D eigenvalue weighted by Gasteiger charge is 2.22. The average Bonchev–Trinajstić information content (AvgIpc) is 2.62. The predicted octanol–water partition coefficient (Wildman–Crippen LogP) is 4.47. The van der Waals surface area contributed by atoms with Crippen molar-refractivity contribution in [3.05, 3.63) is 63.9 Å². The number of rotatable bonds is 3. The Morgan fingerprint density at radius 1 is 1.00 bits per heavy atom. The zero-order chi connectivity index (χ0) is 17.8. The lowest BCUT2D eigenvalue weighted by atomic mass is 10.1. The molecule has 6 heteroatoms. The molecule has 4 nitrogen and oxygen atoms in total. The van der Waals surface area contributed by atoms with Crippen molar-refractivity contribution in [2.45, 2.75) is 19.3 Å². The molecule has 1 N–H and O–H groups in total. The summed E-state index contributed by atoms with van der Waals surface area (Å²) in [7, 11) is 0. The Balaban J connectivity index is 1.83. The first kappa shape index (κ1) is 17.6. The SMILES string of the molecule is O=C(Nc1ccccc1C(=O)N1CCCCC1)c1ccc(Br)cc1F. The molecule has 1 heterocycles. The lowest BCUT2D eigenvalue weighted by molar-refractivity contribution is 0.0725. The van der Waals surface area contributed by atoms with E-state index >= 15 is 0 Å². The van der Waals surface area contributed by atoms with Crippen LogP contribution in [-0.4, -0.2) is 29.8 Å². The smallest absolute Gasteiger partial charge is 0.258 e. The van der Waals surface area contributed by atoms with Gasteiger partial charge < -0.3 is 10.2 Å². The molecule has 0 aromatic heterocycles. The number of benzene rings is 2. The quantitative estimate of drug-likeness (QED) is 0.820. The number of amides is 2. The van der Waals surface area contributed by atoms with Crippen molar-refractivity contribution >= 4 is 33.4 Å². The zero-order valence-corrected chi connectivity index (χ0v) is 15.2. The van der Waals surface area contributed by atoms with E-state index in [-0.39, 0.29) is 11.5 Å². The van der Waals surface area contributed by atoms with Crippen molar-refractivity contribution in [3.8, 4) is 0 Å². The molecule has 0 bridgehead atoms. The van der Waals surface area contributed by atoms with E-state index in [1.54, 1.807) is 35.2 Å². The highest BCUT2D eigenvalue weighted by atomic mass is 79.9. The fraction of sp³-hybridized carbons (Fsp3) is 0.263. The molecule has 0 spiro atoms. The van der Waals surface area contributed by atoms with Gasteiger partial charge in [0.15, 0.2) is 0 Å². The number of halogens is 2. The fourth-order valence-electron chi connectivity index (χ4n) is 2.91. The minimum atomic E-state index is -0.619. The van der Waals surface area contributed by atoms with E-state index in [0.29, 0.717) is 15.7 Å². The summed E-state index contributed by atoms with van der Waals surface area (Å²) in [6, 6.07) is 11.1. The van der Waals surface area contributed by atoms with Gasteiger partial charge in [-0.05, 0) is 49.6 Å². The first-order valence-corrected chi connectivity index (χ1v) is 9.00. The van der Waals surface area contributed by atoms with Crippen molar-refractivity contribution in [2.24, 2.45) is 0 Å². The predicted molar refractivity (Wildman–Crippen MR) is 98.2 cm³/mol. The molecule has 0 saturated carbocycles. The van der Waals surface area contributed by atoms with Crippen LogP contribution in [0, 0.1) is 5.82 Å². The molecule has 2 aromatic carbocycles. The summed E-state index contributed by atoms with van der Waals surface area (Å²) in [5.74, 6) is -1.30. The van der Waals surface area contributed by atoms with Crippen molar-refractivity contribution in [1.29, 1.82) is 0 Å². The molecule has 0 unspecified atom stereocenters. The van der Waals surface area contributed by atoms with Crippen LogP contribution in [0.2, 0.25) is 0 Å². The van der Waals surface area contributed by atoms with E-state index in [4.69, 9.17) is 0 Å². The normalized spacial score (nSPS) is 14.2. The third-order valence-corrected chi connectivity index (χ3v) is 4.72. The van der Waals surface area contributed by atoms with Gasteiger partial charge in [0, 0.05) is 17.6 Å². The number of piperidine rings is 1. The van der Waals surface area contributed by atoms with Crippen LogP contribution < -0.4 is 5.32 Å². The maximum Gasteiger partial charge on any atom is 0.258 e. The number of hydrogen-bond donors (Lipinski definition) is 1. The number of nitrogens with zero attached hydrogens (tertiary/aromatic N) is 1. The van der Waals surface area contributed by atoms with Crippen LogP contribution in [0.5, 0.6) is 0 Å². The Kier molecular flexibility index (Phi) is 5.48. The molecule has 1 fully saturated rings. The Hall–Kier alpha value is -2.21. The molecule has 2 aromatic rings. The third kappa shape index (κ3) is 4.07. The zero-order valence-electron chi connectivity index (χ0n) is 13.6. The molecule has 2 amide bonds. The van der Waals surface area contributed by atoms with Gasteiger partial charge in [0.2, 0.25) is 0 Å². The topological polar surface area (TPSA) is 49.4 Å². The molecule has 3 rings (SSSR count). The van der Waals surface area contributed by atoms with Crippen molar-refractivity contribution < 1.29 is 14.0 Å². The average molecular weight is 405 g/mol. The Labute approximate surface area is 154 Å². The third-order valence-electron chi connectivity index (χ3n) is 4.22. The summed E-state index contributed by atoms with van der Waals surface area (Å²) in [4.78, 5) is 27.0. The van der Waals surface area contributed by atoms with Gasteiger partial charge >= 0.3 is 0 Å². The molecular weight excluding hydrogens is 387 g/mol. The summed E-state index contributed by atoms with van der Waals surface area (Å²) >= 11 is 3.17. The number of nitrogens with one attached hydrogen (secondary N) is 1. The van der Waals surface area contributed by atoms with Gasteiger partial charge in [-0.2, -0.15) is 0 Å². The maximum atomic E-state index is 14.0. The van der Waals surface area contributed by atoms with Gasteiger partial charge in [-0.15, -0.1) is 0 Å². The first-order valence-electron chi connectivity index (χ1n) is 8.21. The highest BCUT2D eigenvalue weighted by molar-refractivity contribution is 9.10. The van der Waals surface area contributed by atoms with Crippen LogP contribution in [0.25, 0.3) is 0 Å². The monoisotopic (exact) mass is 404 g/mol. The second-order valence-electron chi connectivity index (χ2n) is 5.98. The van der Waals surface area contributed by atoms with Crippen molar-refractivity contribution in [3.63, 3.8) is 0 Å². The summed E-state index contributed by atoms with van der Waals surface area (Å²) in [6.07, 6.45) is 3.11. The van der Waals surface area contributed by atoms with Gasteiger partial charge in [0.25, 0.3) is 11.8 Å².